The summed E-state index contributed by atoms with van der Waals surface area (Å²) in [6.45, 7) is 9.17. The summed E-state index contributed by atoms with van der Waals surface area (Å²) in [4.78, 5) is 61.9. The minimum absolute atomic E-state index is 0.0117. The molecule has 1 saturated carbocycles. The molecule has 4 N–H and O–H groups in total. The number of alkyl carbamates (subject to hydrolysis) is 1. The van der Waals surface area contributed by atoms with Crippen molar-refractivity contribution in [1.29, 1.82) is 0 Å². The number of pyridine rings is 1. The summed E-state index contributed by atoms with van der Waals surface area (Å²) in [6.07, 6.45) is 0.139. The first kappa shape index (κ1) is 42.6. The maximum Gasteiger partial charge on any atom is 0.408 e. The Morgan fingerprint density at radius 3 is 2.34 bits per heavy atom. The van der Waals surface area contributed by atoms with Crippen LogP contribution < -0.4 is 30.1 Å². The zero-order valence-corrected chi connectivity index (χ0v) is 34.5. The van der Waals surface area contributed by atoms with Gasteiger partial charge in [-0.2, -0.15) is 0 Å². The van der Waals surface area contributed by atoms with E-state index in [9.17, 15) is 27.6 Å². The summed E-state index contributed by atoms with van der Waals surface area (Å²) in [5, 5.41) is 9.13. The van der Waals surface area contributed by atoms with E-state index < -0.39 is 69.1 Å². The number of ether oxygens (including phenoxy) is 3. The topological polar surface area (TPSA) is 194 Å². The van der Waals surface area contributed by atoms with Crippen LogP contribution in [0.2, 0.25) is 0 Å². The molecule has 2 aliphatic rings. The van der Waals surface area contributed by atoms with Gasteiger partial charge in [0.05, 0.1) is 29.8 Å². The molecule has 0 unspecified atom stereocenters. The van der Waals surface area contributed by atoms with E-state index in [0.29, 0.717) is 34.6 Å². The third-order valence-electron chi connectivity index (χ3n) is 10.2. The molecule has 4 aromatic rings. The van der Waals surface area contributed by atoms with Crippen LogP contribution in [0.3, 0.4) is 0 Å². The number of carbonyl (C=O) groups is 4. The van der Waals surface area contributed by atoms with Crippen molar-refractivity contribution in [3.05, 3.63) is 97.6 Å². The lowest BCUT2D eigenvalue weighted by molar-refractivity contribution is -0.141. The van der Waals surface area contributed by atoms with Gasteiger partial charge in [0.15, 0.2) is 0 Å². The summed E-state index contributed by atoms with van der Waals surface area (Å²) in [5.41, 5.74) is -0.447. The van der Waals surface area contributed by atoms with Crippen LogP contribution in [0.4, 0.5) is 4.79 Å². The number of nitrogens with one attached hydrogen (secondary N) is 4. The predicted octanol–water partition coefficient (Wildman–Crippen LogP) is 4.33. The molecule has 0 bridgehead atoms. The highest BCUT2D eigenvalue weighted by atomic mass is 32.2. The molecule has 0 spiro atoms. The highest BCUT2D eigenvalue weighted by Gasteiger charge is 2.61. The summed E-state index contributed by atoms with van der Waals surface area (Å²) in [7, 11) is -1.02. The number of rotatable bonds is 15. The molecule has 3 aromatic carbocycles. The van der Waals surface area contributed by atoms with Crippen molar-refractivity contribution in [3.8, 4) is 22.8 Å². The van der Waals surface area contributed by atoms with Crippen molar-refractivity contribution in [2.45, 2.75) is 74.3 Å². The molecule has 312 valence electrons. The first-order valence-electron chi connectivity index (χ1n) is 19.3. The van der Waals surface area contributed by atoms with Gasteiger partial charge in [-0.15, -0.1) is 6.58 Å². The van der Waals surface area contributed by atoms with E-state index in [-0.39, 0.29) is 30.7 Å². The molecular weight excluding hydrogens is 777 g/mol. The molecule has 2 fully saturated rings. The Kier molecular flexibility index (Phi) is 12.6. The predicted molar refractivity (Wildman–Crippen MR) is 221 cm³/mol. The number of hydrogen-bond acceptors (Lipinski definition) is 11. The third-order valence-corrected chi connectivity index (χ3v) is 11.5. The Morgan fingerprint density at radius 1 is 1.02 bits per heavy atom. The first-order valence-corrected chi connectivity index (χ1v) is 20.8. The molecule has 1 saturated heterocycles. The number of carbonyl (C=O) groups excluding carboxylic acids is 4. The number of methoxy groups -OCH3 is 1. The normalized spacial score (nSPS) is 20.6. The van der Waals surface area contributed by atoms with Crippen LogP contribution in [0.15, 0.2) is 102 Å². The van der Waals surface area contributed by atoms with Crippen molar-refractivity contribution in [1.82, 2.24) is 30.6 Å². The second-order valence-electron chi connectivity index (χ2n) is 15.6. The fourth-order valence-corrected chi connectivity index (χ4v) is 8.18. The molecule has 6 rings (SSSR count). The number of sulfonamides is 1. The molecule has 1 aromatic heterocycles. The molecule has 15 nitrogen and oxygen atoms in total. The number of benzene rings is 3. The molecule has 59 heavy (non-hydrogen) atoms. The highest BCUT2D eigenvalue weighted by Crippen LogP contribution is 2.45. The van der Waals surface area contributed by atoms with Gasteiger partial charge in [-0.1, -0.05) is 54.6 Å². The van der Waals surface area contributed by atoms with Crippen LogP contribution in [0.1, 0.15) is 40.0 Å². The lowest BCUT2D eigenvalue weighted by atomic mass is 10.1. The first-order chi connectivity index (χ1) is 28.1. The van der Waals surface area contributed by atoms with Crippen molar-refractivity contribution >= 4 is 44.7 Å². The quantitative estimate of drug-likeness (QED) is 0.125. The second kappa shape index (κ2) is 17.5. The van der Waals surface area contributed by atoms with Crippen LogP contribution >= 0.6 is 0 Å². The lowest BCUT2D eigenvalue weighted by Gasteiger charge is -2.30. The van der Waals surface area contributed by atoms with Crippen LogP contribution in [0, 0.1) is 5.92 Å². The molecule has 16 heteroatoms. The minimum Gasteiger partial charge on any atom is -0.497 e. The van der Waals surface area contributed by atoms with Crippen molar-refractivity contribution < 1.29 is 41.8 Å². The van der Waals surface area contributed by atoms with Crippen molar-refractivity contribution in [3.63, 3.8) is 0 Å². The molecule has 1 aliphatic heterocycles. The van der Waals surface area contributed by atoms with Crippen LogP contribution in [0.25, 0.3) is 22.2 Å². The lowest BCUT2D eigenvalue weighted by Crippen LogP contribution is -2.58. The monoisotopic (exact) mass is 826 g/mol. The molecular formula is C43H50N6O9S. The van der Waals surface area contributed by atoms with Gasteiger partial charge in [-0.3, -0.25) is 14.4 Å². The molecule has 1 aliphatic carbocycles. The summed E-state index contributed by atoms with van der Waals surface area (Å²) < 4.78 is 46.1. The fourth-order valence-electron chi connectivity index (χ4n) is 7.12. The van der Waals surface area contributed by atoms with Gasteiger partial charge in [0.1, 0.15) is 40.8 Å². The molecule has 5 atom stereocenters. The van der Waals surface area contributed by atoms with Gasteiger partial charge in [0.2, 0.25) is 11.8 Å². The zero-order chi connectivity index (χ0) is 42.5. The van der Waals surface area contributed by atoms with Crippen LogP contribution in [0.5, 0.6) is 11.5 Å². The van der Waals surface area contributed by atoms with Gasteiger partial charge in [0.25, 0.3) is 15.9 Å². The van der Waals surface area contributed by atoms with Gasteiger partial charge in [-0.05, 0) is 71.5 Å². The van der Waals surface area contributed by atoms with E-state index in [1.807, 2.05) is 36.4 Å². The SMILES string of the molecule is C=C[C@@H]1C[C@]1(NC(=O)[C@@H]1C[C@@H](Oc2cc(-c3ccccc3)nc3cc(OC)ccc23)CN1C(=O)[C@H](CCNC)NC(=O)OC(C)(C)C)C(=O)NS(=O)(=O)c1ccccc1. The van der Waals surface area contributed by atoms with Crippen LogP contribution in [-0.2, 0) is 29.1 Å². The largest absolute Gasteiger partial charge is 0.497 e. The Balaban J connectivity index is 1.33. The Hall–Kier alpha value is -6.00. The van der Waals surface area contributed by atoms with Gasteiger partial charge >= 0.3 is 6.09 Å². The smallest absolute Gasteiger partial charge is 0.408 e. The van der Waals surface area contributed by atoms with Gasteiger partial charge < -0.3 is 35.1 Å². The summed E-state index contributed by atoms with van der Waals surface area (Å²) in [6, 6.07) is 21.8. The highest BCUT2D eigenvalue weighted by molar-refractivity contribution is 7.90. The molecule has 0 radical (unpaired) electrons. The maximum atomic E-state index is 14.6. The number of fused-ring (bicyclic) bond motifs is 1. The fraction of sp³-hybridized carbons (Fsp3) is 0.372. The van der Waals surface area contributed by atoms with E-state index >= 15 is 0 Å². The van der Waals surface area contributed by atoms with Gasteiger partial charge in [-0.25, -0.2) is 22.9 Å². The molecule has 2 heterocycles. The maximum absolute atomic E-state index is 14.6. The van der Waals surface area contributed by atoms with Crippen LogP contribution in [-0.4, -0.2) is 98.7 Å². The van der Waals surface area contributed by atoms with Crippen molar-refractivity contribution in [2.24, 2.45) is 5.92 Å². The van der Waals surface area contributed by atoms with Crippen molar-refractivity contribution in [2.75, 3.05) is 27.2 Å². The van der Waals surface area contributed by atoms with E-state index in [2.05, 4.69) is 27.3 Å². The standard InChI is InChI=1S/C43H50N6O9S/c1-7-28-25-43(28,40(52)48-59(54,55)31-16-12-9-13-17-31)47-38(50)36-23-30(26-49(36)39(51)33(20-21-44-5)46-41(53)58-42(2,3)4)57-37-24-34(27-14-10-8-11-15-27)45-35-22-29(56-6)18-19-32(35)37/h7-19,22,24,28,30,33,36,44H,1,20-21,23,25-26H2,2-6H3,(H,46,53)(H,47,50)(H,48,52)/t28-,30-,33+,36+,43-/m1/s1. The van der Waals surface area contributed by atoms with Gasteiger partial charge in [0, 0.05) is 35.4 Å². The average molecular weight is 827 g/mol. The van der Waals surface area contributed by atoms with E-state index in [0.717, 1.165) is 5.56 Å². The summed E-state index contributed by atoms with van der Waals surface area (Å²) >= 11 is 0. The minimum atomic E-state index is -4.29. The Bertz CT molecular complexity index is 2320. The number of likely N-dealkylation sites (tertiary alicyclic amines) is 1. The van der Waals surface area contributed by atoms with E-state index in [1.54, 1.807) is 59.2 Å². The van der Waals surface area contributed by atoms with E-state index in [1.165, 1.54) is 35.2 Å². The zero-order valence-electron chi connectivity index (χ0n) is 33.7. The number of hydrogen-bond donors (Lipinski definition) is 4. The Morgan fingerprint density at radius 2 is 1.71 bits per heavy atom. The number of nitrogens with zero attached hydrogens (tertiary/aromatic N) is 2. The van der Waals surface area contributed by atoms with E-state index in [4.69, 9.17) is 19.2 Å². The average Bonchev–Trinajstić information content (AvgIpc) is 3.77. The number of amides is 4. The third kappa shape index (κ3) is 9.83. The summed E-state index contributed by atoms with van der Waals surface area (Å²) in [5.74, 6) is -1.77. The number of aromatic nitrogens is 1. The Labute approximate surface area is 343 Å². The molecule has 4 amide bonds. The second-order valence-corrected chi connectivity index (χ2v) is 17.3.